The van der Waals surface area contributed by atoms with E-state index in [4.69, 9.17) is 9.47 Å². The van der Waals surface area contributed by atoms with E-state index in [0.717, 1.165) is 12.4 Å². The summed E-state index contributed by atoms with van der Waals surface area (Å²) in [6.45, 7) is 0.984. The minimum atomic E-state index is -0.520. The van der Waals surface area contributed by atoms with Crippen molar-refractivity contribution in [2.45, 2.75) is 12.5 Å². The highest BCUT2D eigenvalue weighted by atomic mass is 79.9. The maximum Gasteiger partial charge on any atom is 0.316 e. The third-order valence-corrected chi connectivity index (χ3v) is 4.40. The van der Waals surface area contributed by atoms with Gasteiger partial charge in [-0.25, -0.2) is 14.4 Å². The standard InChI is InChI=1S/C16H15BrFN3O3/c1-23-11-2-3-14(17)13(6-11)15(22)21-5-4-12(9-21)24-16-19-7-10(18)8-20-16/h2-3,6-8,12H,4-5,9H2,1H3/t12-/m1/s1. The van der Waals surface area contributed by atoms with Crippen LogP contribution in [0.1, 0.15) is 16.8 Å². The summed E-state index contributed by atoms with van der Waals surface area (Å²) < 4.78 is 24.3. The van der Waals surface area contributed by atoms with E-state index in [0.29, 0.717) is 35.3 Å². The molecule has 8 heteroatoms. The third-order valence-electron chi connectivity index (χ3n) is 3.70. The van der Waals surface area contributed by atoms with Gasteiger partial charge in [0.25, 0.3) is 5.91 Å². The smallest absolute Gasteiger partial charge is 0.316 e. The molecule has 0 aliphatic carbocycles. The van der Waals surface area contributed by atoms with Crippen molar-refractivity contribution in [1.29, 1.82) is 0 Å². The van der Waals surface area contributed by atoms with Gasteiger partial charge in [-0.1, -0.05) is 0 Å². The predicted octanol–water partition coefficient (Wildman–Crippen LogP) is 2.68. The van der Waals surface area contributed by atoms with E-state index in [1.54, 1.807) is 30.2 Å². The summed E-state index contributed by atoms with van der Waals surface area (Å²) in [5.41, 5.74) is 0.535. The fourth-order valence-electron chi connectivity index (χ4n) is 2.48. The summed E-state index contributed by atoms with van der Waals surface area (Å²) in [5.74, 6) is -0.00592. The molecule has 0 saturated carbocycles. The van der Waals surface area contributed by atoms with Crippen LogP contribution in [0.25, 0.3) is 0 Å². The fraction of sp³-hybridized carbons (Fsp3) is 0.312. The highest BCUT2D eigenvalue weighted by Crippen LogP contribution is 2.25. The highest BCUT2D eigenvalue weighted by Gasteiger charge is 2.29. The van der Waals surface area contributed by atoms with Crippen molar-refractivity contribution in [1.82, 2.24) is 14.9 Å². The zero-order chi connectivity index (χ0) is 17.1. The Morgan fingerprint density at radius 1 is 1.38 bits per heavy atom. The maximum atomic E-state index is 12.8. The molecule has 2 heterocycles. The second-order valence-corrected chi connectivity index (χ2v) is 6.16. The van der Waals surface area contributed by atoms with Gasteiger partial charge in [0, 0.05) is 17.4 Å². The summed E-state index contributed by atoms with van der Waals surface area (Å²) in [5, 5.41) is 0. The summed E-state index contributed by atoms with van der Waals surface area (Å²) >= 11 is 3.39. The number of hydrogen-bond donors (Lipinski definition) is 0. The van der Waals surface area contributed by atoms with E-state index in [9.17, 15) is 9.18 Å². The summed E-state index contributed by atoms with van der Waals surface area (Å²) in [7, 11) is 1.56. The van der Waals surface area contributed by atoms with Crippen LogP contribution >= 0.6 is 15.9 Å². The molecule has 3 rings (SSSR count). The van der Waals surface area contributed by atoms with Crippen molar-refractivity contribution in [3.05, 3.63) is 46.4 Å². The summed E-state index contributed by atoms with van der Waals surface area (Å²) in [6, 6.07) is 5.37. The normalized spacial score (nSPS) is 17.0. The number of rotatable bonds is 4. The van der Waals surface area contributed by atoms with Gasteiger partial charge in [0.1, 0.15) is 11.9 Å². The molecule has 1 aliphatic heterocycles. The van der Waals surface area contributed by atoms with Gasteiger partial charge in [0.05, 0.1) is 31.6 Å². The van der Waals surface area contributed by atoms with Gasteiger partial charge in [-0.3, -0.25) is 4.79 Å². The van der Waals surface area contributed by atoms with E-state index in [2.05, 4.69) is 25.9 Å². The molecular weight excluding hydrogens is 381 g/mol. The van der Waals surface area contributed by atoms with Crippen LogP contribution in [0.2, 0.25) is 0 Å². The number of carbonyl (C=O) groups is 1. The molecular formula is C16H15BrFN3O3. The van der Waals surface area contributed by atoms with Crippen LogP contribution in [-0.2, 0) is 0 Å². The average molecular weight is 396 g/mol. The van der Waals surface area contributed by atoms with Gasteiger partial charge in [-0.2, -0.15) is 0 Å². The number of aromatic nitrogens is 2. The van der Waals surface area contributed by atoms with Crippen molar-refractivity contribution in [2.24, 2.45) is 0 Å². The lowest BCUT2D eigenvalue weighted by molar-refractivity contribution is 0.0768. The van der Waals surface area contributed by atoms with Crippen molar-refractivity contribution in [2.75, 3.05) is 20.2 Å². The molecule has 1 atom stereocenters. The average Bonchev–Trinajstić information content (AvgIpc) is 3.05. The van der Waals surface area contributed by atoms with Crippen LogP contribution in [0, 0.1) is 5.82 Å². The fourth-order valence-corrected chi connectivity index (χ4v) is 2.90. The van der Waals surface area contributed by atoms with E-state index < -0.39 is 5.82 Å². The van der Waals surface area contributed by atoms with Crippen LogP contribution in [0.5, 0.6) is 11.8 Å². The van der Waals surface area contributed by atoms with E-state index >= 15 is 0 Å². The Labute approximate surface area is 146 Å². The van der Waals surface area contributed by atoms with Crippen LogP contribution in [0.15, 0.2) is 35.1 Å². The maximum absolute atomic E-state index is 12.8. The zero-order valence-electron chi connectivity index (χ0n) is 12.9. The van der Waals surface area contributed by atoms with Crippen LogP contribution in [0.4, 0.5) is 4.39 Å². The van der Waals surface area contributed by atoms with Gasteiger partial charge in [-0.15, -0.1) is 0 Å². The monoisotopic (exact) mass is 395 g/mol. The van der Waals surface area contributed by atoms with E-state index in [1.807, 2.05) is 0 Å². The molecule has 126 valence electrons. The third kappa shape index (κ3) is 3.64. The van der Waals surface area contributed by atoms with Gasteiger partial charge in [0.2, 0.25) is 0 Å². The Balaban J connectivity index is 1.66. The van der Waals surface area contributed by atoms with Crippen molar-refractivity contribution < 1.29 is 18.7 Å². The largest absolute Gasteiger partial charge is 0.497 e. The first-order chi connectivity index (χ1) is 11.6. The molecule has 24 heavy (non-hydrogen) atoms. The second kappa shape index (κ2) is 7.12. The van der Waals surface area contributed by atoms with E-state index in [-0.39, 0.29) is 18.0 Å². The Morgan fingerprint density at radius 3 is 2.83 bits per heavy atom. The van der Waals surface area contributed by atoms with Gasteiger partial charge in [0.15, 0.2) is 5.82 Å². The van der Waals surface area contributed by atoms with Gasteiger partial charge >= 0.3 is 6.01 Å². The number of amides is 1. The Hall–Kier alpha value is -2.22. The minimum Gasteiger partial charge on any atom is -0.497 e. The van der Waals surface area contributed by atoms with Crippen molar-refractivity contribution >= 4 is 21.8 Å². The molecule has 1 aromatic carbocycles. The second-order valence-electron chi connectivity index (χ2n) is 5.31. The predicted molar refractivity (Wildman–Crippen MR) is 87.6 cm³/mol. The molecule has 0 radical (unpaired) electrons. The molecule has 1 fully saturated rings. The van der Waals surface area contributed by atoms with Crippen molar-refractivity contribution in [3.8, 4) is 11.8 Å². The number of ether oxygens (including phenoxy) is 2. The molecule has 1 amide bonds. The lowest BCUT2D eigenvalue weighted by Crippen LogP contribution is -2.31. The topological polar surface area (TPSA) is 64.5 Å². The lowest BCUT2D eigenvalue weighted by Gasteiger charge is -2.18. The molecule has 2 aromatic rings. The first-order valence-electron chi connectivity index (χ1n) is 7.34. The number of benzene rings is 1. The Bertz CT molecular complexity index is 742. The molecule has 0 spiro atoms. The highest BCUT2D eigenvalue weighted by molar-refractivity contribution is 9.10. The first-order valence-corrected chi connectivity index (χ1v) is 8.13. The number of hydrogen-bond acceptors (Lipinski definition) is 5. The SMILES string of the molecule is COc1ccc(Br)c(C(=O)N2CC[C@@H](Oc3ncc(F)cn3)C2)c1. The van der Waals surface area contributed by atoms with Crippen molar-refractivity contribution in [3.63, 3.8) is 0 Å². The first kappa shape index (κ1) is 16.6. The van der Waals surface area contributed by atoms with Crippen LogP contribution in [-0.4, -0.2) is 47.1 Å². The molecule has 0 unspecified atom stereocenters. The van der Waals surface area contributed by atoms with Crippen LogP contribution < -0.4 is 9.47 Å². The molecule has 1 aromatic heterocycles. The molecule has 0 bridgehead atoms. The van der Waals surface area contributed by atoms with E-state index in [1.165, 1.54) is 0 Å². The Kier molecular flexibility index (Phi) is 4.94. The lowest BCUT2D eigenvalue weighted by atomic mass is 10.2. The van der Waals surface area contributed by atoms with Crippen LogP contribution in [0.3, 0.4) is 0 Å². The number of carbonyl (C=O) groups excluding carboxylic acids is 1. The Morgan fingerprint density at radius 2 is 2.12 bits per heavy atom. The summed E-state index contributed by atoms with van der Waals surface area (Å²) in [4.78, 5) is 21.9. The zero-order valence-corrected chi connectivity index (χ0v) is 14.5. The quantitative estimate of drug-likeness (QED) is 0.795. The molecule has 6 nitrogen and oxygen atoms in total. The van der Waals surface area contributed by atoms with Gasteiger partial charge < -0.3 is 14.4 Å². The molecule has 1 saturated heterocycles. The molecule has 0 N–H and O–H groups in total. The number of likely N-dealkylation sites (tertiary alicyclic amines) is 1. The molecule has 1 aliphatic rings. The minimum absolute atomic E-state index is 0.105. The summed E-state index contributed by atoms with van der Waals surface area (Å²) in [6.07, 6.45) is 2.54. The number of nitrogens with zero attached hydrogens (tertiary/aromatic N) is 3. The number of halogens is 2. The number of methoxy groups -OCH3 is 1. The van der Waals surface area contributed by atoms with Gasteiger partial charge in [-0.05, 0) is 34.1 Å².